The van der Waals surface area contributed by atoms with Crippen molar-refractivity contribution in [3.63, 3.8) is 0 Å². The van der Waals surface area contributed by atoms with Gasteiger partial charge in [0.15, 0.2) is 0 Å². The molecular formula is C13H16BrFN2O. The van der Waals surface area contributed by atoms with E-state index < -0.39 is 5.82 Å². The summed E-state index contributed by atoms with van der Waals surface area (Å²) in [6.45, 7) is 2.33. The molecule has 1 aliphatic rings. The Morgan fingerprint density at radius 2 is 2.28 bits per heavy atom. The number of halogens is 2. The molecule has 1 fully saturated rings. The molecule has 5 heteroatoms. The van der Waals surface area contributed by atoms with Crippen molar-refractivity contribution in [2.24, 2.45) is 11.7 Å². The van der Waals surface area contributed by atoms with E-state index in [0.29, 0.717) is 22.5 Å². The first-order chi connectivity index (χ1) is 8.46. The monoisotopic (exact) mass is 314 g/mol. The van der Waals surface area contributed by atoms with Gasteiger partial charge in [-0.05, 0) is 59.8 Å². The van der Waals surface area contributed by atoms with Crippen molar-refractivity contribution >= 4 is 21.8 Å². The number of amides is 1. The van der Waals surface area contributed by atoms with Gasteiger partial charge in [0.25, 0.3) is 5.91 Å². The summed E-state index contributed by atoms with van der Waals surface area (Å²) in [6.07, 6.45) is 2.17. The Hall–Kier alpha value is -0.940. The first-order valence-corrected chi connectivity index (χ1v) is 6.73. The number of carbonyl (C=O) groups excluding carboxylic acids is 1. The topological polar surface area (TPSA) is 55.1 Å². The van der Waals surface area contributed by atoms with E-state index in [0.717, 1.165) is 12.8 Å². The molecule has 0 aliphatic heterocycles. The predicted molar refractivity (Wildman–Crippen MR) is 71.7 cm³/mol. The molecule has 1 atom stereocenters. The van der Waals surface area contributed by atoms with E-state index >= 15 is 0 Å². The van der Waals surface area contributed by atoms with Gasteiger partial charge in [0.1, 0.15) is 5.82 Å². The maximum atomic E-state index is 13.4. The van der Waals surface area contributed by atoms with E-state index in [1.165, 1.54) is 12.1 Å². The van der Waals surface area contributed by atoms with Crippen LogP contribution in [-0.2, 0) is 0 Å². The van der Waals surface area contributed by atoms with Gasteiger partial charge < -0.3 is 11.1 Å². The molecule has 18 heavy (non-hydrogen) atoms. The fraction of sp³-hybridized carbons (Fsp3) is 0.462. The van der Waals surface area contributed by atoms with E-state index in [9.17, 15) is 9.18 Å². The zero-order valence-electron chi connectivity index (χ0n) is 10.2. The predicted octanol–water partition coefficient (Wildman–Crippen LogP) is 2.45. The molecular weight excluding hydrogens is 299 g/mol. The van der Waals surface area contributed by atoms with Crippen molar-refractivity contribution in [2.75, 3.05) is 6.54 Å². The fourth-order valence-electron chi connectivity index (χ4n) is 2.01. The van der Waals surface area contributed by atoms with Crippen molar-refractivity contribution < 1.29 is 9.18 Å². The normalized spacial score (nSPS) is 18.2. The molecule has 1 unspecified atom stereocenters. The molecule has 1 amide bonds. The lowest BCUT2D eigenvalue weighted by atomic mass is 9.95. The zero-order valence-corrected chi connectivity index (χ0v) is 11.8. The highest BCUT2D eigenvalue weighted by Crippen LogP contribution is 2.39. The molecule has 0 heterocycles. The van der Waals surface area contributed by atoms with Crippen molar-refractivity contribution in [3.8, 4) is 0 Å². The lowest BCUT2D eigenvalue weighted by Gasteiger charge is -2.29. The largest absolute Gasteiger partial charge is 0.345 e. The van der Waals surface area contributed by atoms with Crippen LogP contribution in [0.5, 0.6) is 0 Å². The molecule has 3 nitrogen and oxygen atoms in total. The van der Waals surface area contributed by atoms with Gasteiger partial charge in [-0.1, -0.05) is 0 Å². The van der Waals surface area contributed by atoms with E-state index in [-0.39, 0.29) is 11.4 Å². The Morgan fingerprint density at radius 3 is 2.78 bits per heavy atom. The van der Waals surface area contributed by atoms with Gasteiger partial charge in [-0.2, -0.15) is 0 Å². The summed E-state index contributed by atoms with van der Waals surface area (Å²) in [4.78, 5) is 12.1. The lowest BCUT2D eigenvalue weighted by molar-refractivity contribution is 0.0897. The fourth-order valence-corrected chi connectivity index (χ4v) is 2.26. The maximum absolute atomic E-state index is 13.4. The molecule has 0 aromatic heterocycles. The van der Waals surface area contributed by atoms with E-state index in [2.05, 4.69) is 21.2 Å². The highest BCUT2D eigenvalue weighted by atomic mass is 79.9. The number of nitrogens with two attached hydrogens (primary N) is 1. The summed E-state index contributed by atoms with van der Waals surface area (Å²) >= 11 is 3.06. The number of hydrogen-bond acceptors (Lipinski definition) is 2. The third-order valence-corrected chi connectivity index (χ3v) is 4.13. The second kappa shape index (κ2) is 4.97. The number of benzene rings is 1. The Morgan fingerprint density at radius 1 is 1.61 bits per heavy atom. The maximum Gasteiger partial charge on any atom is 0.251 e. The van der Waals surface area contributed by atoms with Gasteiger partial charge in [0.05, 0.1) is 10.0 Å². The average molecular weight is 315 g/mol. The Kier molecular flexibility index (Phi) is 3.73. The van der Waals surface area contributed by atoms with Crippen LogP contribution in [0, 0.1) is 11.7 Å². The van der Waals surface area contributed by atoms with Gasteiger partial charge in [-0.25, -0.2) is 4.39 Å². The molecule has 0 radical (unpaired) electrons. The van der Waals surface area contributed by atoms with Crippen LogP contribution in [0.1, 0.15) is 30.1 Å². The first-order valence-electron chi connectivity index (χ1n) is 5.94. The average Bonchev–Trinajstić information content (AvgIpc) is 3.16. The van der Waals surface area contributed by atoms with Crippen molar-refractivity contribution in [1.29, 1.82) is 0 Å². The summed E-state index contributed by atoms with van der Waals surface area (Å²) in [5, 5.41) is 2.92. The summed E-state index contributed by atoms with van der Waals surface area (Å²) < 4.78 is 13.7. The molecule has 0 spiro atoms. The van der Waals surface area contributed by atoms with Crippen LogP contribution >= 0.6 is 15.9 Å². The van der Waals surface area contributed by atoms with Crippen molar-refractivity contribution in [2.45, 2.75) is 25.3 Å². The van der Waals surface area contributed by atoms with Gasteiger partial charge >= 0.3 is 0 Å². The zero-order chi connectivity index (χ0) is 13.3. The highest BCUT2D eigenvalue weighted by Gasteiger charge is 2.41. The van der Waals surface area contributed by atoms with Gasteiger partial charge in [0, 0.05) is 12.1 Å². The van der Waals surface area contributed by atoms with Crippen LogP contribution in [0.3, 0.4) is 0 Å². The quantitative estimate of drug-likeness (QED) is 0.897. The molecule has 3 N–H and O–H groups in total. The third kappa shape index (κ3) is 2.72. The van der Waals surface area contributed by atoms with Crippen LogP contribution in [0.4, 0.5) is 4.39 Å². The molecule has 0 saturated heterocycles. The standard InChI is InChI=1S/C13H16BrFN2O/c1-13(7-16,9-3-4-9)17-12(18)8-2-5-10(14)11(15)6-8/h2,5-6,9H,3-4,7,16H2,1H3,(H,17,18). The highest BCUT2D eigenvalue weighted by molar-refractivity contribution is 9.10. The molecule has 1 saturated carbocycles. The van der Waals surface area contributed by atoms with Gasteiger partial charge in [-0.3, -0.25) is 4.79 Å². The smallest absolute Gasteiger partial charge is 0.251 e. The van der Waals surface area contributed by atoms with Crippen LogP contribution in [-0.4, -0.2) is 18.0 Å². The summed E-state index contributed by atoms with van der Waals surface area (Å²) in [6, 6.07) is 4.34. The molecule has 2 rings (SSSR count). The van der Waals surface area contributed by atoms with E-state index in [1.807, 2.05) is 6.92 Å². The third-order valence-electron chi connectivity index (χ3n) is 3.48. The van der Waals surface area contributed by atoms with Crippen LogP contribution in [0.25, 0.3) is 0 Å². The Balaban J connectivity index is 2.13. The Labute approximate surface area is 114 Å². The number of carbonyl (C=O) groups is 1. The summed E-state index contributed by atoms with van der Waals surface area (Å²) in [7, 11) is 0. The number of nitrogens with one attached hydrogen (secondary N) is 1. The number of rotatable bonds is 4. The summed E-state index contributed by atoms with van der Waals surface area (Å²) in [5.41, 5.74) is 5.66. The SMILES string of the molecule is CC(CN)(NC(=O)c1ccc(Br)c(F)c1)C1CC1. The Bertz CT molecular complexity index is 476. The van der Waals surface area contributed by atoms with Crippen LogP contribution < -0.4 is 11.1 Å². The minimum Gasteiger partial charge on any atom is -0.345 e. The molecule has 1 aromatic rings. The van der Waals surface area contributed by atoms with Gasteiger partial charge in [-0.15, -0.1) is 0 Å². The molecule has 98 valence electrons. The molecule has 0 bridgehead atoms. The number of hydrogen-bond donors (Lipinski definition) is 2. The lowest BCUT2D eigenvalue weighted by Crippen LogP contribution is -2.53. The van der Waals surface area contributed by atoms with E-state index in [4.69, 9.17) is 5.73 Å². The molecule has 1 aromatic carbocycles. The van der Waals surface area contributed by atoms with Crippen LogP contribution in [0.15, 0.2) is 22.7 Å². The second-order valence-corrected chi connectivity index (χ2v) is 5.83. The first kappa shape index (κ1) is 13.5. The summed E-state index contributed by atoms with van der Waals surface area (Å²) in [5.74, 6) is -0.281. The van der Waals surface area contributed by atoms with Gasteiger partial charge in [0.2, 0.25) is 0 Å². The van der Waals surface area contributed by atoms with E-state index in [1.54, 1.807) is 6.07 Å². The van der Waals surface area contributed by atoms with Crippen molar-refractivity contribution in [3.05, 3.63) is 34.1 Å². The minimum atomic E-state index is -0.441. The second-order valence-electron chi connectivity index (χ2n) is 4.98. The van der Waals surface area contributed by atoms with Crippen molar-refractivity contribution in [1.82, 2.24) is 5.32 Å². The minimum absolute atomic E-state index is 0.277. The van der Waals surface area contributed by atoms with Crippen LogP contribution in [0.2, 0.25) is 0 Å². The molecule has 1 aliphatic carbocycles.